The summed E-state index contributed by atoms with van der Waals surface area (Å²) in [6.07, 6.45) is 0. The monoisotopic (exact) mass is 424 g/mol. The third-order valence-electron chi connectivity index (χ3n) is 2.87. The molecule has 0 bridgehead atoms. The van der Waals surface area contributed by atoms with Crippen LogP contribution in [0.4, 0.5) is 0 Å². The maximum atomic E-state index is 6.25. The highest BCUT2D eigenvalue weighted by molar-refractivity contribution is 14.1. The fourth-order valence-electron chi connectivity index (χ4n) is 1.94. The molecule has 3 nitrogen and oxygen atoms in total. The summed E-state index contributed by atoms with van der Waals surface area (Å²) in [5, 5.41) is 5.08. The van der Waals surface area contributed by atoms with Crippen LogP contribution < -0.4 is 10.1 Å². The summed E-state index contributed by atoms with van der Waals surface area (Å²) < 4.78 is 6.88. The van der Waals surface area contributed by atoms with Crippen molar-refractivity contribution in [3.63, 3.8) is 0 Å². The lowest BCUT2D eigenvalue weighted by molar-refractivity contribution is 0.259. The Morgan fingerprint density at radius 2 is 2.15 bits per heavy atom. The summed E-state index contributed by atoms with van der Waals surface area (Å²) in [7, 11) is 1.93. The van der Waals surface area contributed by atoms with Crippen LogP contribution in [-0.4, -0.2) is 25.2 Å². The highest BCUT2D eigenvalue weighted by atomic mass is 127. The van der Waals surface area contributed by atoms with Crippen LogP contribution in [0, 0.1) is 9.49 Å². The van der Waals surface area contributed by atoms with Crippen LogP contribution >= 0.6 is 45.8 Å². The molecule has 0 amide bonds. The molecule has 0 aliphatic carbocycles. The van der Waals surface area contributed by atoms with Gasteiger partial charge in [-0.25, -0.2) is 4.98 Å². The molecule has 20 heavy (non-hydrogen) atoms. The Balaban J connectivity index is 2.38. The highest BCUT2D eigenvalue weighted by Crippen LogP contribution is 2.35. The SMILES string of the molecule is CNCC(C)COc1c(I)cc(Cl)c2ccc(Cl)nc12. The summed E-state index contributed by atoms with van der Waals surface area (Å²) in [6.45, 7) is 3.64. The molecule has 0 spiro atoms. The van der Waals surface area contributed by atoms with Crippen molar-refractivity contribution in [1.82, 2.24) is 10.3 Å². The lowest BCUT2D eigenvalue weighted by Crippen LogP contribution is -2.22. The van der Waals surface area contributed by atoms with Crippen molar-refractivity contribution in [3.05, 3.63) is 31.9 Å². The van der Waals surface area contributed by atoms with E-state index in [1.165, 1.54) is 0 Å². The van der Waals surface area contributed by atoms with Crippen molar-refractivity contribution in [2.75, 3.05) is 20.2 Å². The van der Waals surface area contributed by atoms with E-state index in [4.69, 9.17) is 27.9 Å². The van der Waals surface area contributed by atoms with Crippen LogP contribution in [0.25, 0.3) is 10.9 Å². The molecule has 0 saturated carbocycles. The largest absolute Gasteiger partial charge is 0.490 e. The van der Waals surface area contributed by atoms with Crippen molar-refractivity contribution >= 4 is 56.7 Å². The second-order valence-corrected chi connectivity index (χ2v) is 6.63. The molecule has 1 unspecified atom stereocenters. The molecule has 0 aliphatic rings. The van der Waals surface area contributed by atoms with Gasteiger partial charge in [0.25, 0.3) is 0 Å². The average Bonchev–Trinajstić information content (AvgIpc) is 2.38. The first-order chi connectivity index (χ1) is 9.52. The van der Waals surface area contributed by atoms with Gasteiger partial charge in [0.2, 0.25) is 0 Å². The Bertz CT molecular complexity index is 622. The second kappa shape index (κ2) is 7.11. The second-order valence-electron chi connectivity index (χ2n) is 4.67. The Labute approximate surface area is 142 Å². The molecule has 2 aromatic rings. The van der Waals surface area contributed by atoms with Crippen LogP contribution in [0.1, 0.15) is 6.92 Å². The zero-order chi connectivity index (χ0) is 14.7. The van der Waals surface area contributed by atoms with Gasteiger partial charge >= 0.3 is 0 Å². The van der Waals surface area contributed by atoms with Crippen LogP contribution in [0.5, 0.6) is 5.75 Å². The van der Waals surface area contributed by atoms with Gasteiger partial charge < -0.3 is 10.1 Å². The van der Waals surface area contributed by atoms with E-state index in [2.05, 4.69) is 39.8 Å². The first kappa shape index (κ1) is 16.1. The first-order valence-electron chi connectivity index (χ1n) is 6.24. The summed E-state index contributed by atoms with van der Waals surface area (Å²) in [5.41, 5.74) is 0.714. The molecule has 2 rings (SSSR count). The molecule has 0 aliphatic heterocycles. The summed E-state index contributed by atoms with van der Waals surface area (Å²) in [5.74, 6) is 1.15. The fraction of sp³-hybridized carbons (Fsp3) is 0.357. The van der Waals surface area contributed by atoms with Gasteiger partial charge in [0.15, 0.2) is 5.75 Å². The molecular formula is C14H15Cl2IN2O. The predicted molar refractivity (Wildman–Crippen MR) is 93.1 cm³/mol. The Morgan fingerprint density at radius 1 is 1.40 bits per heavy atom. The lowest BCUT2D eigenvalue weighted by Gasteiger charge is -2.15. The number of rotatable bonds is 5. The standard InChI is InChI=1S/C14H15Cl2IN2O/c1-8(6-18-2)7-20-14-11(17)5-10(15)9-3-4-12(16)19-13(9)14/h3-5,8,18H,6-7H2,1-2H3. The highest BCUT2D eigenvalue weighted by Gasteiger charge is 2.14. The quantitative estimate of drug-likeness (QED) is 0.571. The van der Waals surface area contributed by atoms with Gasteiger partial charge in [0, 0.05) is 17.8 Å². The van der Waals surface area contributed by atoms with E-state index >= 15 is 0 Å². The predicted octanol–water partition coefficient (Wildman–Crippen LogP) is 4.38. The van der Waals surface area contributed by atoms with Gasteiger partial charge in [-0.2, -0.15) is 0 Å². The number of ether oxygens (including phenoxy) is 1. The number of nitrogens with one attached hydrogen (secondary N) is 1. The van der Waals surface area contributed by atoms with Gasteiger partial charge in [0.1, 0.15) is 10.7 Å². The molecule has 0 radical (unpaired) electrons. The molecule has 1 atom stereocenters. The topological polar surface area (TPSA) is 34.1 Å². The number of pyridine rings is 1. The molecule has 0 fully saturated rings. The van der Waals surface area contributed by atoms with Crippen LogP contribution in [-0.2, 0) is 0 Å². The fourth-order valence-corrected chi connectivity index (χ4v) is 3.25. The summed E-state index contributed by atoms with van der Waals surface area (Å²) in [6, 6.07) is 5.49. The van der Waals surface area contributed by atoms with Crippen molar-refractivity contribution in [2.45, 2.75) is 6.92 Å². The van der Waals surface area contributed by atoms with Crippen LogP contribution in [0.15, 0.2) is 18.2 Å². The minimum absolute atomic E-state index is 0.403. The van der Waals surface area contributed by atoms with Gasteiger partial charge in [-0.05, 0) is 47.8 Å². The lowest BCUT2D eigenvalue weighted by atomic mass is 10.2. The van der Waals surface area contributed by atoms with Crippen molar-refractivity contribution in [2.24, 2.45) is 5.92 Å². The number of benzene rings is 1. The molecule has 1 aromatic carbocycles. The number of nitrogens with zero attached hydrogens (tertiary/aromatic N) is 1. The summed E-state index contributed by atoms with van der Waals surface area (Å²) >= 11 is 14.4. The Morgan fingerprint density at radius 3 is 2.85 bits per heavy atom. The van der Waals surface area contributed by atoms with E-state index in [0.717, 1.165) is 21.3 Å². The zero-order valence-electron chi connectivity index (χ0n) is 11.2. The van der Waals surface area contributed by atoms with Gasteiger partial charge in [-0.3, -0.25) is 0 Å². The van der Waals surface area contributed by atoms with Gasteiger partial charge in [0.05, 0.1) is 15.2 Å². The Kier molecular flexibility index (Phi) is 5.72. The smallest absolute Gasteiger partial charge is 0.158 e. The van der Waals surface area contributed by atoms with Gasteiger partial charge in [-0.15, -0.1) is 0 Å². The van der Waals surface area contributed by atoms with Crippen LogP contribution in [0.3, 0.4) is 0 Å². The normalized spacial score (nSPS) is 12.7. The molecule has 1 N–H and O–H groups in total. The average molecular weight is 425 g/mol. The maximum absolute atomic E-state index is 6.25. The first-order valence-corrected chi connectivity index (χ1v) is 8.08. The Hall–Kier alpha value is -0.300. The molecule has 108 valence electrons. The summed E-state index contributed by atoms with van der Waals surface area (Å²) in [4.78, 5) is 4.36. The molecule has 1 aromatic heterocycles. The molecule has 1 heterocycles. The van der Waals surface area contributed by atoms with E-state index in [-0.39, 0.29) is 0 Å². The number of hydrogen-bond acceptors (Lipinski definition) is 3. The van der Waals surface area contributed by atoms with Crippen molar-refractivity contribution < 1.29 is 4.74 Å². The van der Waals surface area contributed by atoms with Gasteiger partial charge in [-0.1, -0.05) is 30.1 Å². The zero-order valence-corrected chi connectivity index (χ0v) is 14.9. The van der Waals surface area contributed by atoms with E-state index < -0.39 is 0 Å². The van der Waals surface area contributed by atoms with E-state index in [9.17, 15) is 0 Å². The van der Waals surface area contributed by atoms with E-state index in [1.54, 1.807) is 6.07 Å². The van der Waals surface area contributed by atoms with E-state index in [1.807, 2.05) is 19.2 Å². The third-order valence-corrected chi connectivity index (χ3v) is 4.19. The molecule has 6 heteroatoms. The maximum Gasteiger partial charge on any atom is 0.158 e. The number of hydrogen-bond donors (Lipinski definition) is 1. The van der Waals surface area contributed by atoms with Crippen molar-refractivity contribution in [1.29, 1.82) is 0 Å². The minimum Gasteiger partial charge on any atom is -0.490 e. The molecular weight excluding hydrogens is 410 g/mol. The molecule has 0 saturated heterocycles. The number of aromatic nitrogens is 1. The van der Waals surface area contributed by atoms with Crippen molar-refractivity contribution in [3.8, 4) is 5.75 Å². The van der Waals surface area contributed by atoms with E-state index in [0.29, 0.717) is 28.2 Å². The van der Waals surface area contributed by atoms with Crippen LogP contribution in [0.2, 0.25) is 10.2 Å². The number of halogens is 3. The minimum atomic E-state index is 0.403. The third kappa shape index (κ3) is 3.67. The number of fused-ring (bicyclic) bond motifs is 1.